The maximum absolute atomic E-state index is 6.42. The average Bonchev–Trinajstić information content (AvgIpc) is 2.40. The highest BCUT2D eigenvalue weighted by molar-refractivity contribution is 5.46. The van der Waals surface area contributed by atoms with Crippen LogP contribution in [0, 0.1) is 27.7 Å². The van der Waals surface area contributed by atoms with Crippen LogP contribution in [0.5, 0.6) is 5.75 Å². The zero-order valence-corrected chi connectivity index (χ0v) is 12.9. The van der Waals surface area contributed by atoms with E-state index in [0.717, 1.165) is 28.0 Å². The predicted octanol–water partition coefficient (Wildman–Crippen LogP) is 3.98. The normalized spacial score (nSPS) is 12.3. The summed E-state index contributed by atoms with van der Waals surface area (Å²) in [4.78, 5) is 0. The van der Waals surface area contributed by atoms with E-state index in [0.29, 0.717) is 0 Å². The molecular weight excluding hydrogens is 246 g/mol. The Morgan fingerprint density at radius 2 is 1.35 bits per heavy atom. The molecule has 0 aliphatic heterocycles. The second-order valence-electron chi connectivity index (χ2n) is 5.51. The molecule has 20 heavy (non-hydrogen) atoms. The Balaban J connectivity index is 2.42. The minimum Gasteiger partial charge on any atom is -0.496 e. The van der Waals surface area contributed by atoms with Crippen LogP contribution in [0.15, 0.2) is 30.3 Å². The highest BCUT2D eigenvalue weighted by atomic mass is 16.5. The number of ether oxygens (including phenoxy) is 1. The number of nitrogens with two attached hydrogens (primary N) is 1. The van der Waals surface area contributed by atoms with Gasteiger partial charge in [-0.25, -0.2) is 0 Å². The third kappa shape index (κ3) is 2.70. The molecule has 2 aromatic carbocycles. The molecule has 0 fully saturated rings. The van der Waals surface area contributed by atoms with Crippen molar-refractivity contribution in [2.24, 2.45) is 5.73 Å². The molecule has 106 valence electrons. The lowest BCUT2D eigenvalue weighted by molar-refractivity contribution is 0.408. The average molecular weight is 269 g/mol. The van der Waals surface area contributed by atoms with Gasteiger partial charge in [-0.15, -0.1) is 0 Å². The van der Waals surface area contributed by atoms with Gasteiger partial charge in [0.25, 0.3) is 0 Å². The van der Waals surface area contributed by atoms with Crippen LogP contribution in [0.2, 0.25) is 0 Å². The molecule has 2 N–H and O–H groups in total. The highest BCUT2D eigenvalue weighted by Gasteiger charge is 2.13. The molecule has 0 saturated heterocycles. The minimum absolute atomic E-state index is 0.0994. The van der Waals surface area contributed by atoms with E-state index in [4.69, 9.17) is 10.5 Å². The number of methoxy groups -OCH3 is 1. The first-order valence-corrected chi connectivity index (χ1v) is 6.92. The lowest BCUT2D eigenvalue weighted by Gasteiger charge is -2.17. The Labute approximate surface area is 121 Å². The van der Waals surface area contributed by atoms with Gasteiger partial charge < -0.3 is 10.5 Å². The van der Waals surface area contributed by atoms with Crippen molar-refractivity contribution in [3.63, 3.8) is 0 Å². The van der Waals surface area contributed by atoms with Gasteiger partial charge in [-0.05, 0) is 61.1 Å². The summed E-state index contributed by atoms with van der Waals surface area (Å²) in [6.45, 7) is 8.35. The summed E-state index contributed by atoms with van der Waals surface area (Å²) in [5, 5.41) is 0. The largest absolute Gasteiger partial charge is 0.496 e. The molecule has 0 saturated carbocycles. The van der Waals surface area contributed by atoms with Crippen molar-refractivity contribution in [1.29, 1.82) is 0 Å². The molecule has 2 aromatic rings. The molecule has 1 unspecified atom stereocenters. The molecule has 2 nitrogen and oxygen atoms in total. The topological polar surface area (TPSA) is 35.2 Å². The van der Waals surface area contributed by atoms with Gasteiger partial charge in [0.2, 0.25) is 0 Å². The summed E-state index contributed by atoms with van der Waals surface area (Å²) in [7, 11) is 1.71. The quantitative estimate of drug-likeness (QED) is 0.914. The van der Waals surface area contributed by atoms with Gasteiger partial charge in [0, 0.05) is 0 Å². The second-order valence-corrected chi connectivity index (χ2v) is 5.51. The van der Waals surface area contributed by atoms with Crippen LogP contribution in [0.25, 0.3) is 0 Å². The fraction of sp³-hybridized carbons (Fsp3) is 0.333. The lowest BCUT2D eigenvalue weighted by atomic mass is 9.94. The van der Waals surface area contributed by atoms with Gasteiger partial charge in [-0.1, -0.05) is 30.3 Å². The first-order chi connectivity index (χ1) is 9.43. The molecule has 0 bridgehead atoms. The van der Waals surface area contributed by atoms with Gasteiger partial charge in [0.05, 0.1) is 13.2 Å². The molecule has 0 heterocycles. The number of rotatable bonds is 3. The minimum atomic E-state index is -0.0994. The number of benzene rings is 2. The summed E-state index contributed by atoms with van der Waals surface area (Å²) in [5.41, 5.74) is 13.5. The summed E-state index contributed by atoms with van der Waals surface area (Å²) in [6.07, 6.45) is 0. The first kappa shape index (κ1) is 14.6. The Kier molecular flexibility index (Phi) is 4.15. The highest BCUT2D eigenvalue weighted by Crippen LogP contribution is 2.29. The third-order valence-electron chi connectivity index (χ3n) is 3.94. The lowest BCUT2D eigenvalue weighted by Crippen LogP contribution is -2.13. The Bertz CT molecular complexity index is 608. The van der Waals surface area contributed by atoms with Crippen LogP contribution < -0.4 is 10.5 Å². The van der Waals surface area contributed by atoms with Crippen LogP contribution >= 0.6 is 0 Å². The number of hydrogen-bond donors (Lipinski definition) is 1. The maximum Gasteiger partial charge on any atom is 0.124 e. The summed E-state index contributed by atoms with van der Waals surface area (Å²) >= 11 is 0. The first-order valence-electron chi connectivity index (χ1n) is 6.92. The van der Waals surface area contributed by atoms with E-state index < -0.39 is 0 Å². The second kappa shape index (κ2) is 5.68. The van der Waals surface area contributed by atoms with E-state index in [-0.39, 0.29) is 6.04 Å². The molecule has 2 heteroatoms. The van der Waals surface area contributed by atoms with Gasteiger partial charge in [-0.3, -0.25) is 0 Å². The molecule has 0 amide bonds. The van der Waals surface area contributed by atoms with Crippen LogP contribution in [0.4, 0.5) is 0 Å². The van der Waals surface area contributed by atoms with Gasteiger partial charge in [0.15, 0.2) is 0 Å². The monoisotopic (exact) mass is 269 g/mol. The van der Waals surface area contributed by atoms with Crippen molar-refractivity contribution in [2.75, 3.05) is 7.11 Å². The predicted molar refractivity (Wildman–Crippen MR) is 84.4 cm³/mol. The number of aryl methyl sites for hydroxylation is 4. The third-order valence-corrected chi connectivity index (χ3v) is 3.94. The maximum atomic E-state index is 6.42. The zero-order valence-electron chi connectivity index (χ0n) is 12.9. The molecular formula is C18H23NO. The van der Waals surface area contributed by atoms with Crippen LogP contribution in [-0.4, -0.2) is 7.11 Å². The number of hydrogen-bond acceptors (Lipinski definition) is 2. The summed E-state index contributed by atoms with van der Waals surface area (Å²) < 4.78 is 5.41. The Hall–Kier alpha value is -1.80. The van der Waals surface area contributed by atoms with Crippen LogP contribution in [0.3, 0.4) is 0 Å². The van der Waals surface area contributed by atoms with Gasteiger partial charge >= 0.3 is 0 Å². The smallest absolute Gasteiger partial charge is 0.124 e. The van der Waals surface area contributed by atoms with E-state index in [1.807, 2.05) is 0 Å². The van der Waals surface area contributed by atoms with Crippen molar-refractivity contribution in [1.82, 2.24) is 0 Å². The van der Waals surface area contributed by atoms with E-state index in [1.54, 1.807) is 7.11 Å². The molecule has 0 aromatic heterocycles. The summed E-state index contributed by atoms with van der Waals surface area (Å²) in [5.74, 6) is 0.945. The van der Waals surface area contributed by atoms with Gasteiger partial charge in [0.1, 0.15) is 5.75 Å². The molecule has 1 atom stereocenters. The SMILES string of the molecule is COc1c(C)cc(C(N)c2ccc(C)c(C)c2)cc1C. The molecule has 2 rings (SSSR count). The fourth-order valence-corrected chi connectivity index (χ4v) is 2.64. The summed E-state index contributed by atoms with van der Waals surface area (Å²) in [6, 6.07) is 10.6. The standard InChI is InChI=1S/C18H23NO/c1-11-6-7-15(8-12(11)2)17(19)16-9-13(3)18(20-5)14(4)10-16/h6-10,17H,19H2,1-5H3. The zero-order chi connectivity index (χ0) is 14.9. The van der Waals surface area contributed by atoms with Gasteiger partial charge in [-0.2, -0.15) is 0 Å². The fourth-order valence-electron chi connectivity index (χ4n) is 2.64. The molecule has 0 spiro atoms. The Morgan fingerprint density at radius 1 is 0.800 bits per heavy atom. The van der Waals surface area contributed by atoms with Crippen molar-refractivity contribution in [3.8, 4) is 5.75 Å². The van der Waals surface area contributed by atoms with Crippen LogP contribution in [0.1, 0.15) is 39.4 Å². The van der Waals surface area contributed by atoms with E-state index in [1.165, 1.54) is 11.1 Å². The molecule has 0 radical (unpaired) electrons. The van der Waals surface area contributed by atoms with Crippen molar-refractivity contribution >= 4 is 0 Å². The molecule has 0 aliphatic carbocycles. The van der Waals surface area contributed by atoms with E-state index in [9.17, 15) is 0 Å². The van der Waals surface area contributed by atoms with Crippen molar-refractivity contribution in [2.45, 2.75) is 33.7 Å². The molecule has 0 aliphatic rings. The van der Waals surface area contributed by atoms with E-state index >= 15 is 0 Å². The van der Waals surface area contributed by atoms with E-state index in [2.05, 4.69) is 58.0 Å². The van der Waals surface area contributed by atoms with Crippen molar-refractivity contribution in [3.05, 3.63) is 63.7 Å². The van der Waals surface area contributed by atoms with Crippen LogP contribution in [-0.2, 0) is 0 Å². The Morgan fingerprint density at radius 3 is 1.85 bits per heavy atom. The van der Waals surface area contributed by atoms with Crippen molar-refractivity contribution < 1.29 is 4.74 Å².